The number of esters is 1. The van der Waals surface area contributed by atoms with Gasteiger partial charge in [0, 0.05) is 32.1 Å². The van der Waals surface area contributed by atoms with Crippen molar-refractivity contribution in [1.82, 2.24) is 10.2 Å². The van der Waals surface area contributed by atoms with Crippen molar-refractivity contribution < 1.29 is 14.3 Å². The minimum atomic E-state index is -0.340. The van der Waals surface area contributed by atoms with Crippen molar-refractivity contribution in [1.29, 1.82) is 0 Å². The van der Waals surface area contributed by atoms with Gasteiger partial charge >= 0.3 is 5.97 Å². The van der Waals surface area contributed by atoms with Crippen LogP contribution in [0.1, 0.15) is 31.2 Å². The number of carbonyl (C=O) groups is 2. The van der Waals surface area contributed by atoms with Crippen LogP contribution in [-0.4, -0.2) is 43.0 Å². The van der Waals surface area contributed by atoms with Crippen LogP contribution < -0.4 is 5.32 Å². The second kappa shape index (κ2) is 8.54. The van der Waals surface area contributed by atoms with Crippen molar-refractivity contribution in [2.24, 2.45) is 0 Å². The molecule has 22 heavy (non-hydrogen) atoms. The Morgan fingerprint density at radius 1 is 1.18 bits per heavy atom. The monoisotopic (exact) mass is 304 g/mol. The van der Waals surface area contributed by atoms with Crippen molar-refractivity contribution in [3.8, 4) is 0 Å². The summed E-state index contributed by atoms with van der Waals surface area (Å²) in [4.78, 5) is 25.2. The topological polar surface area (TPSA) is 58.6 Å². The zero-order valence-corrected chi connectivity index (χ0v) is 13.1. The summed E-state index contributed by atoms with van der Waals surface area (Å²) in [6.45, 7) is 2.93. The Hall–Kier alpha value is -1.88. The summed E-state index contributed by atoms with van der Waals surface area (Å²) in [6, 6.07) is 10.6. The van der Waals surface area contributed by atoms with E-state index in [1.165, 1.54) is 12.7 Å². The summed E-state index contributed by atoms with van der Waals surface area (Å²) in [5.74, 6) is -0.403. The molecule has 0 bridgehead atoms. The van der Waals surface area contributed by atoms with E-state index >= 15 is 0 Å². The molecule has 1 aromatic rings. The van der Waals surface area contributed by atoms with Crippen LogP contribution in [0.5, 0.6) is 0 Å². The third-order valence-electron chi connectivity index (χ3n) is 3.99. The van der Waals surface area contributed by atoms with Crippen LogP contribution in [0.15, 0.2) is 30.3 Å². The molecule has 0 aliphatic carbocycles. The molecular formula is C17H24N2O3. The number of piperidine rings is 1. The fourth-order valence-corrected chi connectivity index (χ4v) is 2.69. The van der Waals surface area contributed by atoms with E-state index in [9.17, 15) is 9.59 Å². The number of methoxy groups -OCH3 is 1. The molecule has 1 aliphatic rings. The lowest BCUT2D eigenvalue weighted by atomic mass is 10.0. The number of likely N-dealkylation sites (tertiary alicyclic amines) is 1. The number of rotatable bonds is 6. The van der Waals surface area contributed by atoms with Gasteiger partial charge in [0.15, 0.2) is 0 Å². The highest BCUT2D eigenvalue weighted by Gasteiger charge is 2.20. The standard InChI is InChI=1S/C17H24N2O3/c1-22-17(21)8-7-16(20)18-15-9-11-19(12-10-15)13-14-5-3-2-4-6-14/h2-6,15H,7-13H2,1H3,(H,18,20). The SMILES string of the molecule is COC(=O)CCC(=O)NC1CCN(Cc2ccccc2)CC1. The molecule has 120 valence electrons. The fourth-order valence-electron chi connectivity index (χ4n) is 2.69. The molecule has 1 saturated heterocycles. The number of nitrogens with one attached hydrogen (secondary N) is 1. The van der Waals surface area contributed by atoms with Gasteiger partial charge in [0.2, 0.25) is 5.91 Å². The molecule has 5 heteroatoms. The third-order valence-corrected chi connectivity index (χ3v) is 3.99. The predicted octanol–water partition coefficient (Wildman–Crippen LogP) is 1.72. The second-order valence-electron chi connectivity index (χ2n) is 5.68. The number of hydrogen-bond acceptors (Lipinski definition) is 4. The molecule has 1 fully saturated rings. The highest BCUT2D eigenvalue weighted by atomic mass is 16.5. The predicted molar refractivity (Wildman–Crippen MR) is 84.1 cm³/mol. The number of carbonyl (C=O) groups excluding carboxylic acids is 2. The maximum absolute atomic E-state index is 11.8. The molecule has 1 N–H and O–H groups in total. The third kappa shape index (κ3) is 5.48. The molecule has 0 saturated carbocycles. The van der Waals surface area contributed by atoms with Crippen LogP contribution in [0.4, 0.5) is 0 Å². The van der Waals surface area contributed by atoms with Gasteiger partial charge in [-0.1, -0.05) is 30.3 Å². The summed E-state index contributed by atoms with van der Waals surface area (Å²) in [5.41, 5.74) is 1.32. The fraction of sp³-hybridized carbons (Fsp3) is 0.529. The first-order valence-corrected chi connectivity index (χ1v) is 7.80. The minimum Gasteiger partial charge on any atom is -0.469 e. The van der Waals surface area contributed by atoms with E-state index in [0.29, 0.717) is 0 Å². The lowest BCUT2D eigenvalue weighted by Gasteiger charge is -2.32. The number of hydrogen-bond donors (Lipinski definition) is 1. The minimum absolute atomic E-state index is 0.0630. The average molecular weight is 304 g/mol. The first-order chi connectivity index (χ1) is 10.7. The van der Waals surface area contributed by atoms with E-state index in [1.54, 1.807) is 0 Å². The van der Waals surface area contributed by atoms with E-state index in [0.717, 1.165) is 32.5 Å². The Kier molecular flexibility index (Phi) is 6.40. The molecule has 0 atom stereocenters. The summed E-state index contributed by atoms with van der Waals surface area (Å²) >= 11 is 0. The van der Waals surface area contributed by atoms with Gasteiger partial charge in [0.1, 0.15) is 0 Å². The number of ether oxygens (including phenoxy) is 1. The van der Waals surface area contributed by atoms with Gasteiger partial charge in [0.25, 0.3) is 0 Å². The van der Waals surface area contributed by atoms with Gasteiger partial charge in [0.05, 0.1) is 13.5 Å². The molecule has 0 unspecified atom stereocenters. The molecule has 0 aromatic heterocycles. The van der Waals surface area contributed by atoms with Crippen LogP contribution in [0.2, 0.25) is 0 Å². The van der Waals surface area contributed by atoms with Crippen molar-refractivity contribution in [3.05, 3.63) is 35.9 Å². The maximum Gasteiger partial charge on any atom is 0.306 e. The number of amides is 1. The van der Waals surface area contributed by atoms with E-state index in [1.807, 2.05) is 6.07 Å². The first-order valence-electron chi connectivity index (χ1n) is 7.80. The lowest BCUT2D eigenvalue weighted by Crippen LogP contribution is -2.44. The molecule has 5 nitrogen and oxygen atoms in total. The molecular weight excluding hydrogens is 280 g/mol. The van der Waals surface area contributed by atoms with E-state index < -0.39 is 0 Å². The molecule has 0 radical (unpaired) electrons. The van der Waals surface area contributed by atoms with Crippen LogP contribution in [-0.2, 0) is 20.9 Å². The summed E-state index contributed by atoms with van der Waals surface area (Å²) < 4.78 is 4.54. The quantitative estimate of drug-likeness (QED) is 0.813. The zero-order valence-electron chi connectivity index (χ0n) is 13.1. The number of benzene rings is 1. The van der Waals surface area contributed by atoms with Gasteiger partial charge in [-0.25, -0.2) is 0 Å². The van der Waals surface area contributed by atoms with E-state index in [4.69, 9.17) is 0 Å². The molecule has 0 spiro atoms. The van der Waals surface area contributed by atoms with Gasteiger partial charge in [-0.2, -0.15) is 0 Å². The Bertz CT molecular complexity index is 482. The van der Waals surface area contributed by atoms with Crippen molar-refractivity contribution in [2.45, 2.75) is 38.3 Å². The lowest BCUT2D eigenvalue weighted by molar-refractivity contribution is -0.142. The maximum atomic E-state index is 11.8. The molecule has 1 heterocycles. The molecule has 1 amide bonds. The van der Waals surface area contributed by atoms with Crippen LogP contribution in [0, 0.1) is 0 Å². The Morgan fingerprint density at radius 3 is 2.50 bits per heavy atom. The zero-order chi connectivity index (χ0) is 15.8. The van der Waals surface area contributed by atoms with Gasteiger partial charge < -0.3 is 10.1 Å². The van der Waals surface area contributed by atoms with E-state index in [-0.39, 0.29) is 30.8 Å². The normalized spacial score (nSPS) is 16.2. The Labute approximate surface area is 131 Å². The van der Waals surface area contributed by atoms with E-state index in [2.05, 4.69) is 39.2 Å². The second-order valence-corrected chi connectivity index (χ2v) is 5.68. The number of nitrogens with zero attached hydrogens (tertiary/aromatic N) is 1. The van der Waals surface area contributed by atoms with Gasteiger partial charge in [-0.05, 0) is 18.4 Å². The van der Waals surface area contributed by atoms with Gasteiger partial charge in [-0.15, -0.1) is 0 Å². The average Bonchev–Trinajstić information content (AvgIpc) is 2.55. The summed E-state index contributed by atoms with van der Waals surface area (Å²) in [6.07, 6.45) is 2.26. The van der Waals surface area contributed by atoms with Crippen molar-refractivity contribution in [3.63, 3.8) is 0 Å². The summed E-state index contributed by atoms with van der Waals surface area (Å²) in [5, 5.41) is 3.01. The summed E-state index contributed by atoms with van der Waals surface area (Å²) in [7, 11) is 1.34. The van der Waals surface area contributed by atoms with Crippen LogP contribution >= 0.6 is 0 Å². The first kappa shape index (κ1) is 16.5. The highest BCUT2D eigenvalue weighted by molar-refractivity contribution is 5.81. The van der Waals surface area contributed by atoms with Gasteiger partial charge in [-0.3, -0.25) is 14.5 Å². The molecule has 1 aromatic carbocycles. The molecule has 2 rings (SSSR count). The largest absolute Gasteiger partial charge is 0.469 e. The Morgan fingerprint density at radius 2 is 1.86 bits per heavy atom. The highest BCUT2D eigenvalue weighted by Crippen LogP contribution is 2.14. The smallest absolute Gasteiger partial charge is 0.306 e. The van der Waals surface area contributed by atoms with Crippen molar-refractivity contribution >= 4 is 11.9 Å². The van der Waals surface area contributed by atoms with Crippen LogP contribution in [0.25, 0.3) is 0 Å². The Balaban J connectivity index is 1.66. The van der Waals surface area contributed by atoms with Crippen LogP contribution in [0.3, 0.4) is 0 Å². The van der Waals surface area contributed by atoms with Crippen molar-refractivity contribution in [2.75, 3.05) is 20.2 Å². The molecule has 1 aliphatic heterocycles.